The summed E-state index contributed by atoms with van der Waals surface area (Å²) in [6.07, 6.45) is 0. The minimum atomic E-state index is -4.19. The average molecular weight is 304 g/mol. The van der Waals surface area contributed by atoms with Gasteiger partial charge >= 0.3 is 0 Å². The van der Waals surface area contributed by atoms with Crippen LogP contribution in [0.2, 0.25) is 0 Å². The van der Waals surface area contributed by atoms with E-state index in [0.29, 0.717) is 0 Å². The summed E-state index contributed by atoms with van der Waals surface area (Å²) in [7, 11) is 1.07. The maximum atomic E-state index is 11.5. The maximum Gasteiger partial charge on any atom is 0.270 e. The van der Waals surface area contributed by atoms with Gasteiger partial charge in [0, 0.05) is 29.7 Å². The number of non-ortho nitro benzene ring substituents is 1. The smallest absolute Gasteiger partial charge is 0.270 e. The molecule has 100 valence electrons. The van der Waals surface area contributed by atoms with Gasteiger partial charge in [0.05, 0.1) is 10.5 Å². The molecule has 19 heavy (non-hydrogen) atoms. The van der Waals surface area contributed by atoms with E-state index >= 15 is 0 Å². The number of nitro benzene ring substituents is 1. The molecule has 0 fully saturated rings. The molecule has 2 rings (SSSR count). The molecule has 0 radical (unpaired) electrons. The molecular weight excluding hydrogens is 298 g/mol. The monoisotopic (exact) mass is 303 g/mol. The summed E-state index contributed by atoms with van der Waals surface area (Å²) >= 11 is 0. The second kappa shape index (κ2) is 4.59. The Labute approximate surface area is 111 Å². The van der Waals surface area contributed by atoms with E-state index in [-0.39, 0.29) is 17.3 Å². The highest BCUT2D eigenvalue weighted by Gasteiger charge is 2.23. The van der Waals surface area contributed by atoms with Gasteiger partial charge in [0.1, 0.15) is 4.90 Å². The van der Waals surface area contributed by atoms with Crippen molar-refractivity contribution in [2.24, 2.45) is 0 Å². The molecule has 1 aromatic heterocycles. The number of nitrogens with zero attached hydrogens (tertiary/aromatic N) is 3. The molecule has 0 N–H and O–H groups in total. The number of halogens is 1. The van der Waals surface area contributed by atoms with Crippen LogP contribution in [0.25, 0.3) is 11.5 Å². The van der Waals surface area contributed by atoms with Crippen molar-refractivity contribution in [3.8, 4) is 11.5 Å². The fourth-order valence-corrected chi connectivity index (χ4v) is 2.47. The van der Waals surface area contributed by atoms with Crippen LogP contribution in [0.3, 0.4) is 0 Å². The largest absolute Gasteiger partial charge is 0.421 e. The minimum Gasteiger partial charge on any atom is -0.421 e. The molecule has 0 amide bonds. The van der Waals surface area contributed by atoms with Crippen molar-refractivity contribution in [1.29, 1.82) is 0 Å². The molecular formula is C9H6ClN3O5S. The fraction of sp³-hybridized carbons (Fsp3) is 0.111. The highest BCUT2D eigenvalue weighted by atomic mass is 35.7. The molecule has 1 heterocycles. The van der Waals surface area contributed by atoms with Gasteiger partial charge in [0.2, 0.25) is 11.8 Å². The summed E-state index contributed by atoms with van der Waals surface area (Å²) in [6, 6.07) is 3.16. The van der Waals surface area contributed by atoms with Crippen molar-refractivity contribution < 1.29 is 17.8 Å². The number of rotatable bonds is 3. The van der Waals surface area contributed by atoms with Crippen LogP contribution < -0.4 is 0 Å². The quantitative estimate of drug-likeness (QED) is 0.482. The number of benzene rings is 1. The van der Waals surface area contributed by atoms with Crippen molar-refractivity contribution in [3.05, 3.63) is 34.2 Å². The Morgan fingerprint density at radius 3 is 2.53 bits per heavy atom. The molecule has 0 saturated heterocycles. The standard InChI is InChI=1S/C9H6ClN3O5S/c1-5-11-12-9(18-5)7-3-2-6(13(14)15)4-8(7)19(10,16)17/h2-4H,1H3. The van der Waals surface area contributed by atoms with Gasteiger partial charge in [-0.15, -0.1) is 10.2 Å². The molecule has 0 aliphatic carbocycles. The minimum absolute atomic E-state index is 0.0150. The number of hydrogen-bond donors (Lipinski definition) is 0. The van der Waals surface area contributed by atoms with E-state index in [1.165, 1.54) is 13.0 Å². The van der Waals surface area contributed by atoms with Crippen LogP contribution in [-0.4, -0.2) is 23.5 Å². The molecule has 2 aromatic rings. The zero-order valence-electron chi connectivity index (χ0n) is 9.40. The first-order valence-electron chi connectivity index (χ1n) is 4.82. The zero-order chi connectivity index (χ0) is 14.2. The van der Waals surface area contributed by atoms with Gasteiger partial charge in [-0.1, -0.05) is 0 Å². The molecule has 0 unspecified atom stereocenters. The van der Waals surface area contributed by atoms with Crippen molar-refractivity contribution in [1.82, 2.24) is 10.2 Å². The first kappa shape index (κ1) is 13.4. The van der Waals surface area contributed by atoms with Crippen LogP contribution in [0.4, 0.5) is 5.69 Å². The maximum absolute atomic E-state index is 11.5. The molecule has 0 aliphatic rings. The van der Waals surface area contributed by atoms with Crippen LogP contribution >= 0.6 is 10.7 Å². The molecule has 0 bridgehead atoms. The summed E-state index contributed by atoms with van der Waals surface area (Å²) < 4.78 is 28.0. The van der Waals surface area contributed by atoms with Gasteiger partial charge in [-0.25, -0.2) is 8.42 Å². The van der Waals surface area contributed by atoms with Crippen LogP contribution in [0.1, 0.15) is 5.89 Å². The number of aryl methyl sites for hydroxylation is 1. The molecule has 8 nitrogen and oxygen atoms in total. The molecule has 0 spiro atoms. The van der Waals surface area contributed by atoms with Gasteiger partial charge in [0.15, 0.2) is 0 Å². The number of nitro groups is 1. The Bertz CT molecular complexity index is 755. The topological polar surface area (TPSA) is 116 Å². The van der Waals surface area contributed by atoms with Gasteiger partial charge in [-0.3, -0.25) is 10.1 Å². The Morgan fingerprint density at radius 1 is 1.37 bits per heavy atom. The second-order valence-electron chi connectivity index (χ2n) is 3.50. The normalized spacial score (nSPS) is 11.5. The third-order valence-electron chi connectivity index (χ3n) is 2.20. The average Bonchev–Trinajstić information content (AvgIpc) is 2.73. The van der Waals surface area contributed by atoms with Crippen molar-refractivity contribution in [2.75, 3.05) is 0 Å². The van der Waals surface area contributed by atoms with Crippen LogP contribution in [0.15, 0.2) is 27.5 Å². The predicted molar refractivity (Wildman–Crippen MR) is 64.2 cm³/mol. The second-order valence-corrected chi connectivity index (χ2v) is 6.04. The summed E-state index contributed by atoms with van der Waals surface area (Å²) in [5, 5.41) is 17.9. The molecule has 0 atom stereocenters. The Balaban J connectivity index is 2.71. The van der Waals surface area contributed by atoms with Crippen molar-refractivity contribution >= 4 is 25.4 Å². The van der Waals surface area contributed by atoms with Gasteiger partial charge < -0.3 is 4.42 Å². The van der Waals surface area contributed by atoms with E-state index in [0.717, 1.165) is 12.1 Å². The van der Waals surface area contributed by atoms with E-state index < -0.39 is 24.6 Å². The third kappa shape index (κ3) is 2.71. The van der Waals surface area contributed by atoms with Crippen LogP contribution in [0.5, 0.6) is 0 Å². The van der Waals surface area contributed by atoms with Crippen LogP contribution in [-0.2, 0) is 9.05 Å². The van der Waals surface area contributed by atoms with Crippen LogP contribution in [0, 0.1) is 17.0 Å². The number of aromatic nitrogens is 2. The Hall–Kier alpha value is -2.00. The fourth-order valence-electron chi connectivity index (χ4n) is 1.41. The SMILES string of the molecule is Cc1nnc(-c2ccc([N+](=O)[O-])cc2S(=O)(=O)Cl)o1. The highest BCUT2D eigenvalue weighted by Crippen LogP contribution is 2.31. The molecule has 10 heteroatoms. The van der Waals surface area contributed by atoms with Gasteiger partial charge in [0.25, 0.3) is 14.7 Å². The summed E-state index contributed by atoms with van der Waals surface area (Å²) in [5.74, 6) is 0.151. The third-order valence-corrected chi connectivity index (χ3v) is 3.56. The lowest BCUT2D eigenvalue weighted by Crippen LogP contribution is -1.97. The van der Waals surface area contributed by atoms with Gasteiger partial charge in [-0.05, 0) is 6.07 Å². The van der Waals surface area contributed by atoms with Crippen molar-refractivity contribution in [2.45, 2.75) is 11.8 Å². The summed E-state index contributed by atoms with van der Waals surface area (Å²) in [4.78, 5) is 9.47. The Kier molecular flexibility index (Phi) is 3.25. The summed E-state index contributed by atoms with van der Waals surface area (Å²) in [5.41, 5.74) is -0.389. The van der Waals surface area contributed by atoms with E-state index in [1.807, 2.05) is 0 Å². The molecule has 0 aliphatic heterocycles. The van der Waals surface area contributed by atoms with E-state index in [9.17, 15) is 18.5 Å². The molecule has 1 aromatic carbocycles. The Morgan fingerprint density at radius 2 is 2.05 bits per heavy atom. The van der Waals surface area contributed by atoms with Gasteiger partial charge in [-0.2, -0.15) is 0 Å². The highest BCUT2D eigenvalue weighted by molar-refractivity contribution is 8.13. The zero-order valence-corrected chi connectivity index (χ0v) is 11.0. The van der Waals surface area contributed by atoms with E-state index in [2.05, 4.69) is 10.2 Å². The van der Waals surface area contributed by atoms with E-state index in [4.69, 9.17) is 15.1 Å². The first-order chi connectivity index (χ1) is 8.79. The summed E-state index contributed by atoms with van der Waals surface area (Å²) in [6.45, 7) is 1.52. The van der Waals surface area contributed by atoms with Crippen molar-refractivity contribution in [3.63, 3.8) is 0 Å². The molecule has 0 saturated carbocycles. The number of hydrogen-bond acceptors (Lipinski definition) is 7. The lowest BCUT2D eigenvalue weighted by atomic mass is 10.2. The lowest BCUT2D eigenvalue weighted by Gasteiger charge is -2.02. The van der Waals surface area contributed by atoms with E-state index in [1.54, 1.807) is 0 Å². The lowest BCUT2D eigenvalue weighted by molar-refractivity contribution is -0.385. The predicted octanol–water partition coefficient (Wildman–Crippen LogP) is 1.88. The first-order valence-corrected chi connectivity index (χ1v) is 7.13.